The molecule has 6 nitrogen and oxygen atoms in total. The Kier molecular flexibility index (Phi) is 4.52. The Labute approximate surface area is 163 Å². The quantitative estimate of drug-likeness (QED) is 0.795. The Morgan fingerprint density at radius 3 is 2.62 bits per heavy atom. The second kappa shape index (κ2) is 6.91. The summed E-state index contributed by atoms with van der Waals surface area (Å²) < 4.78 is 44.0. The van der Waals surface area contributed by atoms with Crippen molar-refractivity contribution in [2.24, 2.45) is 0 Å². The number of carbonyl (C=O) groups excluding carboxylic acids is 3. The first-order chi connectivity index (χ1) is 13.8. The van der Waals surface area contributed by atoms with Crippen LogP contribution in [0, 0.1) is 0 Å². The van der Waals surface area contributed by atoms with E-state index in [2.05, 4.69) is 5.32 Å². The molecule has 1 saturated heterocycles. The van der Waals surface area contributed by atoms with Gasteiger partial charge in [-0.3, -0.25) is 14.5 Å². The van der Waals surface area contributed by atoms with Crippen molar-refractivity contribution in [1.82, 2.24) is 4.90 Å². The Morgan fingerprint density at radius 2 is 1.86 bits per heavy atom. The molecule has 0 spiro atoms. The van der Waals surface area contributed by atoms with Crippen LogP contribution in [0.25, 0.3) is 0 Å². The van der Waals surface area contributed by atoms with Gasteiger partial charge in [0, 0.05) is 17.7 Å². The summed E-state index contributed by atoms with van der Waals surface area (Å²) in [6.45, 7) is 0. The van der Waals surface area contributed by atoms with E-state index >= 15 is 0 Å². The molecule has 2 aromatic carbocycles. The lowest BCUT2D eigenvalue weighted by Crippen LogP contribution is -2.43. The van der Waals surface area contributed by atoms with Crippen LogP contribution in [0.15, 0.2) is 48.5 Å². The van der Waals surface area contributed by atoms with Gasteiger partial charge in [-0.15, -0.1) is 0 Å². The topological polar surface area (TPSA) is 75.7 Å². The van der Waals surface area contributed by atoms with Crippen LogP contribution in [0.2, 0.25) is 0 Å². The SMILES string of the molecule is O=C1OC(N2C(=O)CC[C@@H]2C(=O)Nc2cccc(C(F)(F)F)c2)c2ccccc21. The number of likely N-dealkylation sites (tertiary alicyclic amines) is 1. The summed E-state index contributed by atoms with van der Waals surface area (Å²) in [5, 5.41) is 2.43. The van der Waals surface area contributed by atoms with Gasteiger partial charge in [0.15, 0.2) is 0 Å². The average molecular weight is 404 g/mol. The summed E-state index contributed by atoms with van der Waals surface area (Å²) in [5.74, 6) is -1.61. The van der Waals surface area contributed by atoms with E-state index in [9.17, 15) is 27.6 Å². The standard InChI is InChI=1S/C20H15F3N2O4/c21-20(22,23)11-4-3-5-12(10-11)24-17(27)15-8-9-16(26)25(15)18-13-6-1-2-7-14(13)19(28)29-18/h1-7,10,15,18H,8-9H2,(H,24,27)/t15-,18?/m1/s1. The zero-order chi connectivity index (χ0) is 20.8. The van der Waals surface area contributed by atoms with E-state index in [-0.39, 0.29) is 24.4 Å². The van der Waals surface area contributed by atoms with Gasteiger partial charge in [-0.2, -0.15) is 13.2 Å². The van der Waals surface area contributed by atoms with Gasteiger partial charge in [0.1, 0.15) is 6.04 Å². The minimum Gasteiger partial charge on any atom is -0.433 e. The van der Waals surface area contributed by atoms with E-state index in [1.807, 2.05) is 0 Å². The Balaban J connectivity index is 1.58. The van der Waals surface area contributed by atoms with Crippen LogP contribution in [0.3, 0.4) is 0 Å². The molecule has 0 aliphatic carbocycles. The van der Waals surface area contributed by atoms with Crippen molar-refractivity contribution in [2.45, 2.75) is 31.3 Å². The van der Waals surface area contributed by atoms with Crippen LogP contribution in [-0.2, 0) is 20.5 Å². The maximum absolute atomic E-state index is 12.9. The number of nitrogens with one attached hydrogen (secondary N) is 1. The highest BCUT2D eigenvalue weighted by atomic mass is 19.4. The number of nitrogens with zero attached hydrogens (tertiary/aromatic N) is 1. The van der Waals surface area contributed by atoms with E-state index in [1.54, 1.807) is 24.3 Å². The number of fused-ring (bicyclic) bond motifs is 1. The molecular formula is C20H15F3N2O4. The van der Waals surface area contributed by atoms with Crippen LogP contribution in [0.1, 0.15) is 40.6 Å². The highest BCUT2D eigenvalue weighted by Gasteiger charge is 2.46. The van der Waals surface area contributed by atoms with E-state index in [4.69, 9.17) is 4.74 Å². The molecule has 2 aromatic rings. The number of carbonyl (C=O) groups is 3. The second-order valence-corrected chi connectivity index (χ2v) is 6.77. The third kappa shape index (κ3) is 3.43. The molecule has 0 saturated carbocycles. The third-order valence-electron chi connectivity index (χ3n) is 4.93. The van der Waals surface area contributed by atoms with E-state index in [1.165, 1.54) is 17.0 Å². The van der Waals surface area contributed by atoms with Crippen LogP contribution >= 0.6 is 0 Å². The summed E-state index contributed by atoms with van der Waals surface area (Å²) in [6, 6.07) is 9.82. The number of cyclic esters (lactones) is 1. The average Bonchev–Trinajstić information content (AvgIpc) is 3.21. The number of esters is 1. The van der Waals surface area contributed by atoms with Crippen molar-refractivity contribution < 1.29 is 32.3 Å². The van der Waals surface area contributed by atoms with E-state index < -0.39 is 35.9 Å². The number of anilines is 1. The highest BCUT2D eigenvalue weighted by Crippen LogP contribution is 2.38. The van der Waals surface area contributed by atoms with E-state index in [0.717, 1.165) is 12.1 Å². The lowest BCUT2D eigenvalue weighted by atomic mass is 10.1. The third-order valence-corrected chi connectivity index (χ3v) is 4.93. The number of alkyl halides is 3. The second-order valence-electron chi connectivity index (χ2n) is 6.77. The summed E-state index contributed by atoms with van der Waals surface area (Å²) in [5.41, 5.74) is -0.139. The smallest absolute Gasteiger partial charge is 0.416 e. The Hall–Kier alpha value is -3.36. The summed E-state index contributed by atoms with van der Waals surface area (Å²) >= 11 is 0. The van der Waals surface area contributed by atoms with Crippen LogP contribution < -0.4 is 5.32 Å². The number of rotatable bonds is 3. The number of hydrogen-bond donors (Lipinski definition) is 1. The molecule has 2 aliphatic rings. The molecule has 2 amide bonds. The molecule has 4 rings (SSSR count). The lowest BCUT2D eigenvalue weighted by molar-refractivity contribution is -0.144. The fourth-order valence-corrected chi connectivity index (χ4v) is 3.59. The molecule has 2 atom stereocenters. The largest absolute Gasteiger partial charge is 0.433 e. The van der Waals surface area contributed by atoms with Gasteiger partial charge in [0.2, 0.25) is 18.0 Å². The minimum atomic E-state index is -4.54. The molecule has 2 aliphatic heterocycles. The van der Waals surface area contributed by atoms with E-state index in [0.29, 0.717) is 11.1 Å². The lowest BCUT2D eigenvalue weighted by Gasteiger charge is -2.29. The summed E-state index contributed by atoms with van der Waals surface area (Å²) in [7, 11) is 0. The van der Waals surface area contributed by atoms with Gasteiger partial charge in [0.25, 0.3) is 0 Å². The van der Waals surface area contributed by atoms with Gasteiger partial charge in [-0.25, -0.2) is 4.79 Å². The van der Waals surface area contributed by atoms with Crippen molar-refractivity contribution >= 4 is 23.5 Å². The van der Waals surface area contributed by atoms with Gasteiger partial charge in [-0.05, 0) is 30.7 Å². The van der Waals surface area contributed by atoms with Crippen molar-refractivity contribution in [3.63, 3.8) is 0 Å². The molecule has 0 bridgehead atoms. The monoisotopic (exact) mass is 404 g/mol. The van der Waals surface area contributed by atoms with Crippen molar-refractivity contribution in [3.8, 4) is 0 Å². The van der Waals surface area contributed by atoms with Crippen LogP contribution in [-0.4, -0.2) is 28.7 Å². The first kappa shape index (κ1) is 19.0. The maximum Gasteiger partial charge on any atom is 0.416 e. The molecule has 0 aromatic heterocycles. The van der Waals surface area contributed by atoms with Crippen molar-refractivity contribution in [1.29, 1.82) is 0 Å². The van der Waals surface area contributed by atoms with Crippen molar-refractivity contribution in [2.75, 3.05) is 5.32 Å². The van der Waals surface area contributed by atoms with Gasteiger partial charge < -0.3 is 10.1 Å². The maximum atomic E-state index is 12.9. The molecule has 9 heteroatoms. The highest BCUT2D eigenvalue weighted by molar-refractivity contribution is 6.00. The molecular weight excluding hydrogens is 389 g/mol. The predicted octanol–water partition coefficient (Wildman–Crippen LogP) is 3.50. The Bertz CT molecular complexity index is 1010. The number of amides is 2. The van der Waals surface area contributed by atoms with Crippen LogP contribution in [0.4, 0.5) is 18.9 Å². The molecule has 2 heterocycles. The summed E-state index contributed by atoms with van der Waals surface area (Å²) in [4.78, 5) is 38.4. The first-order valence-corrected chi connectivity index (χ1v) is 8.85. The number of ether oxygens (including phenoxy) is 1. The Morgan fingerprint density at radius 1 is 1.10 bits per heavy atom. The molecule has 1 fully saturated rings. The number of benzene rings is 2. The predicted molar refractivity (Wildman–Crippen MR) is 94.5 cm³/mol. The van der Waals surface area contributed by atoms with Crippen LogP contribution in [0.5, 0.6) is 0 Å². The number of hydrogen-bond acceptors (Lipinski definition) is 4. The zero-order valence-corrected chi connectivity index (χ0v) is 14.9. The van der Waals surface area contributed by atoms with Gasteiger partial charge in [0.05, 0.1) is 11.1 Å². The fourth-order valence-electron chi connectivity index (χ4n) is 3.59. The molecule has 150 valence electrons. The molecule has 0 radical (unpaired) electrons. The van der Waals surface area contributed by atoms with Gasteiger partial charge in [-0.1, -0.05) is 24.3 Å². The normalized spacial score (nSPS) is 21.1. The van der Waals surface area contributed by atoms with Crippen molar-refractivity contribution in [3.05, 3.63) is 65.2 Å². The minimum absolute atomic E-state index is 0.0343. The van der Waals surface area contributed by atoms with Gasteiger partial charge >= 0.3 is 12.1 Å². The molecule has 29 heavy (non-hydrogen) atoms. The first-order valence-electron chi connectivity index (χ1n) is 8.85. The summed E-state index contributed by atoms with van der Waals surface area (Å²) in [6.07, 6.45) is -5.35. The zero-order valence-electron chi connectivity index (χ0n) is 14.9. The molecule has 1 unspecified atom stereocenters. The number of halogens is 3. The fraction of sp³-hybridized carbons (Fsp3) is 0.250. The molecule has 1 N–H and O–H groups in total.